The molecule has 3 N–H and O–H groups in total. The SMILES string of the molecule is CC(COC(=O)c1cc(I)cc(I)c1O)(COC(=O)c1cc(I)cc(I)c1O)C(=O)OC(CS(=O)(=O)O)C(F)(F)F. The molecule has 1 atom stereocenters. The Labute approximate surface area is 285 Å². The summed E-state index contributed by atoms with van der Waals surface area (Å²) in [5.41, 5.74) is -3.05. The second-order valence-electron chi connectivity index (χ2n) is 8.46. The lowest BCUT2D eigenvalue weighted by Gasteiger charge is -2.29. The number of phenols is 2. The molecular weight excluding hydrogens is 1040 g/mol. The van der Waals surface area contributed by atoms with E-state index < -0.39 is 76.2 Å². The first-order valence-electron chi connectivity index (χ1n) is 10.6. The summed E-state index contributed by atoms with van der Waals surface area (Å²) in [6, 6.07) is 5.54. The van der Waals surface area contributed by atoms with E-state index >= 15 is 0 Å². The summed E-state index contributed by atoms with van der Waals surface area (Å²) in [4.78, 5) is 38.4. The molecule has 0 aliphatic rings. The highest BCUT2D eigenvalue weighted by molar-refractivity contribution is 14.1. The predicted octanol–water partition coefficient (Wildman–Crippen LogP) is 4.90. The largest absolute Gasteiger partial charge is 0.506 e. The molecule has 0 heterocycles. The number of alkyl halides is 3. The lowest BCUT2D eigenvalue weighted by atomic mass is 9.93. The molecule has 0 aliphatic heterocycles. The molecule has 0 amide bonds. The van der Waals surface area contributed by atoms with E-state index in [-0.39, 0.29) is 18.3 Å². The van der Waals surface area contributed by atoms with Crippen LogP contribution in [0.25, 0.3) is 0 Å². The van der Waals surface area contributed by atoms with Gasteiger partial charge in [-0.05, 0) is 122 Å². The topological polar surface area (TPSA) is 174 Å². The number of hydrogen-bond acceptors (Lipinski definition) is 10. The molecule has 2 aromatic carbocycles. The number of hydrogen-bond donors (Lipinski definition) is 3. The first-order chi connectivity index (χ1) is 18.6. The van der Waals surface area contributed by atoms with Crippen LogP contribution in [0.15, 0.2) is 24.3 Å². The van der Waals surface area contributed by atoms with E-state index in [2.05, 4.69) is 4.74 Å². The average molecular weight is 1050 g/mol. The van der Waals surface area contributed by atoms with Crippen molar-refractivity contribution < 1.29 is 64.9 Å². The van der Waals surface area contributed by atoms with Crippen LogP contribution in [0, 0.1) is 19.7 Å². The highest BCUT2D eigenvalue weighted by Crippen LogP contribution is 2.32. The molecule has 1 unspecified atom stereocenters. The van der Waals surface area contributed by atoms with Crippen LogP contribution < -0.4 is 0 Å². The van der Waals surface area contributed by atoms with Crippen LogP contribution in [0.1, 0.15) is 27.6 Å². The lowest BCUT2D eigenvalue weighted by Crippen LogP contribution is -2.46. The van der Waals surface area contributed by atoms with Gasteiger partial charge in [0.2, 0.25) is 6.10 Å². The van der Waals surface area contributed by atoms with Gasteiger partial charge in [0.1, 0.15) is 47.0 Å². The first kappa shape index (κ1) is 36.3. The van der Waals surface area contributed by atoms with Crippen molar-refractivity contribution in [2.75, 3.05) is 19.0 Å². The molecule has 0 radical (unpaired) electrons. The average Bonchev–Trinajstić information content (AvgIpc) is 2.83. The third kappa shape index (κ3) is 10.3. The van der Waals surface area contributed by atoms with Gasteiger partial charge >= 0.3 is 24.1 Å². The molecule has 2 rings (SSSR count). The number of aromatic hydroxyl groups is 2. The molecule has 0 bridgehead atoms. The van der Waals surface area contributed by atoms with Gasteiger partial charge in [0.25, 0.3) is 10.1 Å². The normalized spacial score (nSPS) is 12.9. The van der Waals surface area contributed by atoms with Crippen LogP contribution in [-0.4, -0.2) is 72.3 Å². The zero-order valence-corrected chi connectivity index (χ0v) is 29.6. The number of rotatable bonds is 10. The van der Waals surface area contributed by atoms with E-state index in [1.54, 1.807) is 45.2 Å². The number of halogens is 7. The maximum Gasteiger partial charge on any atom is 0.426 e. The molecule has 2 aromatic rings. The van der Waals surface area contributed by atoms with Crippen molar-refractivity contribution in [1.29, 1.82) is 0 Å². The maximum absolute atomic E-state index is 13.4. The Kier molecular flexibility index (Phi) is 12.6. The van der Waals surface area contributed by atoms with Crippen molar-refractivity contribution in [3.8, 4) is 11.5 Å². The molecule has 226 valence electrons. The monoisotopic (exact) mass is 1050 g/mol. The summed E-state index contributed by atoms with van der Waals surface area (Å²) < 4.78 is 87.5. The smallest absolute Gasteiger partial charge is 0.426 e. The fourth-order valence-corrected chi connectivity index (χ4v) is 7.19. The molecule has 0 fully saturated rings. The highest BCUT2D eigenvalue weighted by atomic mass is 127. The number of ether oxygens (including phenoxy) is 3. The molecule has 11 nitrogen and oxygen atoms in total. The van der Waals surface area contributed by atoms with Gasteiger partial charge in [0.15, 0.2) is 0 Å². The summed E-state index contributed by atoms with van der Waals surface area (Å²) in [5.74, 6) is -7.16. The van der Waals surface area contributed by atoms with E-state index in [4.69, 9.17) is 14.0 Å². The van der Waals surface area contributed by atoms with Crippen molar-refractivity contribution in [1.82, 2.24) is 0 Å². The molecule has 0 saturated heterocycles. The number of phenolic OH excluding ortho intramolecular Hbond substituents is 2. The Hall–Kier alpha value is -0.930. The molecule has 0 aliphatic carbocycles. The van der Waals surface area contributed by atoms with Crippen LogP contribution in [0.2, 0.25) is 0 Å². The Morgan fingerprint density at radius 3 is 1.59 bits per heavy atom. The van der Waals surface area contributed by atoms with Gasteiger partial charge in [-0.2, -0.15) is 21.6 Å². The fourth-order valence-electron chi connectivity index (χ4n) is 2.87. The lowest BCUT2D eigenvalue weighted by molar-refractivity contribution is -0.222. The second-order valence-corrected chi connectivity index (χ2v) is 14.8. The van der Waals surface area contributed by atoms with E-state index in [1.165, 1.54) is 24.3 Å². The Morgan fingerprint density at radius 1 is 0.854 bits per heavy atom. The van der Waals surface area contributed by atoms with Crippen molar-refractivity contribution in [3.63, 3.8) is 0 Å². The van der Waals surface area contributed by atoms with Gasteiger partial charge in [0, 0.05) is 7.14 Å². The van der Waals surface area contributed by atoms with E-state index in [0.717, 1.165) is 6.92 Å². The number of carbonyl (C=O) groups excluding carboxylic acids is 3. The third-order valence-corrected chi connectivity index (χ3v) is 8.62. The standard InChI is InChI=1S/C22H17F3I4O11S/c1-21(20(34)40-15(22(23,24)25)6-41(35,36)37,7-38-18(32)11-2-9(26)4-13(28)16(11)30)8-39-19(33)12-3-10(27)5-14(29)17(12)31/h2-5,15,30-31H,6-8H2,1H3,(H,35,36,37). The minimum absolute atomic E-state index is 0.266. The van der Waals surface area contributed by atoms with Crippen LogP contribution in [0.5, 0.6) is 11.5 Å². The summed E-state index contributed by atoms with van der Waals surface area (Å²) in [7, 11) is -5.27. The minimum atomic E-state index is -5.44. The number of benzene rings is 2. The molecule has 19 heteroatoms. The highest BCUT2D eigenvalue weighted by Gasteiger charge is 2.49. The molecule has 41 heavy (non-hydrogen) atoms. The van der Waals surface area contributed by atoms with Crippen LogP contribution in [0.3, 0.4) is 0 Å². The molecule has 0 aromatic heterocycles. The van der Waals surface area contributed by atoms with E-state index in [1.807, 2.05) is 45.2 Å². The summed E-state index contributed by atoms with van der Waals surface area (Å²) in [6.45, 7) is -1.22. The zero-order valence-electron chi connectivity index (χ0n) is 20.2. The molecule has 0 saturated carbocycles. The first-order valence-corrected chi connectivity index (χ1v) is 16.5. The fraction of sp³-hybridized carbons (Fsp3) is 0.318. The zero-order chi connectivity index (χ0) is 31.5. The van der Waals surface area contributed by atoms with Gasteiger partial charge in [-0.25, -0.2) is 9.59 Å². The van der Waals surface area contributed by atoms with Gasteiger partial charge < -0.3 is 24.4 Å². The van der Waals surface area contributed by atoms with Crippen LogP contribution >= 0.6 is 90.4 Å². The molecular formula is C22H17F3I4O11S. The van der Waals surface area contributed by atoms with Crippen molar-refractivity contribution in [2.24, 2.45) is 5.41 Å². The maximum atomic E-state index is 13.4. The van der Waals surface area contributed by atoms with Gasteiger partial charge in [-0.15, -0.1) is 0 Å². The molecule has 0 spiro atoms. The van der Waals surface area contributed by atoms with E-state index in [0.29, 0.717) is 7.14 Å². The number of carbonyl (C=O) groups is 3. The quantitative estimate of drug-likeness (QED) is 0.128. The summed E-state index contributed by atoms with van der Waals surface area (Å²) in [5, 5.41) is 20.4. The van der Waals surface area contributed by atoms with Gasteiger partial charge in [-0.1, -0.05) is 0 Å². The Bertz CT molecular complexity index is 1390. The summed E-state index contributed by atoms with van der Waals surface area (Å²) in [6.07, 6.45) is -8.76. The number of esters is 3. The Balaban J connectivity index is 2.40. The Morgan fingerprint density at radius 2 is 1.24 bits per heavy atom. The van der Waals surface area contributed by atoms with Gasteiger partial charge in [0.05, 0.1) is 7.14 Å². The third-order valence-electron chi connectivity index (χ3n) is 5.01. The van der Waals surface area contributed by atoms with Crippen LogP contribution in [0.4, 0.5) is 13.2 Å². The van der Waals surface area contributed by atoms with Crippen molar-refractivity contribution in [3.05, 3.63) is 49.7 Å². The predicted molar refractivity (Wildman–Crippen MR) is 168 cm³/mol. The van der Waals surface area contributed by atoms with Crippen molar-refractivity contribution >= 4 is 118 Å². The van der Waals surface area contributed by atoms with Crippen LogP contribution in [-0.2, 0) is 29.1 Å². The van der Waals surface area contributed by atoms with Crippen molar-refractivity contribution in [2.45, 2.75) is 19.2 Å². The minimum Gasteiger partial charge on any atom is -0.506 e. The second kappa shape index (κ2) is 14.2. The van der Waals surface area contributed by atoms with E-state index in [9.17, 15) is 46.2 Å². The van der Waals surface area contributed by atoms with Gasteiger partial charge in [-0.3, -0.25) is 9.35 Å². The summed E-state index contributed by atoms with van der Waals surface area (Å²) >= 11 is 7.17.